The summed E-state index contributed by atoms with van der Waals surface area (Å²) in [5.41, 5.74) is 1.17. The van der Waals surface area contributed by atoms with Crippen molar-refractivity contribution in [2.45, 2.75) is 59.3 Å². The second-order valence-electron chi connectivity index (χ2n) is 9.23. The van der Waals surface area contributed by atoms with E-state index in [-0.39, 0.29) is 17.3 Å². The maximum absolute atomic E-state index is 13.4. The Bertz CT molecular complexity index is 845. The molecule has 1 aromatic rings. The lowest BCUT2D eigenvalue weighted by molar-refractivity contribution is -0.126. The number of allylic oxidation sites excluding steroid dienone is 4. The van der Waals surface area contributed by atoms with Crippen molar-refractivity contribution in [3.8, 4) is 5.75 Å². The van der Waals surface area contributed by atoms with Crippen molar-refractivity contribution >= 4 is 11.6 Å². The number of rotatable bonds is 1. The maximum Gasteiger partial charge on any atom is 0.168 e. The molecule has 4 heteroatoms. The fourth-order valence-corrected chi connectivity index (χ4v) is 4.42. The van der Waals surface area contributed by atoms with Crippen LogP contribution >= 0.6 is 0 Å². The molecule has 142 valence electrons. The number of ketones is 2. The lowest BCUT2D eigenvalue weighted by Crippen LogP contribution is -2.41. The number of carbonyl (C=O) groups is 2. The molecule has 0 saturated carbocycles. The average Bonchev–Trinajstić information content (AvgIpc) is 2.61. The zero-order valence-corrected chi connectivity index (χ0v) is 16.4. The number of phenols is 1. The van der Waals surface area contributed by atoms with Crippen LogP contribution in [0.1, 0.15) is 64.9 Å². The molecule has 0 aromatic heterocycles. The van der Waals surface area contributed by atoms with Gasteiger partial charge in [0.05, 0.1) is 0 Å². The molecule has 0 saturated heterocycles. The van der Waals surface area contributed by atoms with Crippen molar-refractivity contribution in [1.29, 1.82) is 0 Å². The van der Waals surface area contributed by atoms with Crippen molar-refractivity contribution in [2.75, 3.05) is 0 Å². The fraction of sp³-hybridized carbons (Fsp3) is 0.478. The van der Waals surface area contributed by atoms with Crippen LogP contribution in [-0.4, -0.2) is 16.7 Å². The molecule has 1 heterocycles. The summed E-state index contributed by atoms with van der Waals surface area (Å²) in [5.74, 6) is 1.32. The first kappa shape index (κ1) is 18.0. The molecular weight excluding hydrogens is 340 g/mol. The maximum atomic E-state index is 13.4. The van der Waals surface area contributed by atoms with E-state index >= 15 is 0 Å². The summed E-state index contributed by atoms with van der Waals surface area (Å²) in [6, 6.07) is 6.85. The number of Topliss-reactive ketones (excluding diaryl/α,β-unsaturated/α-hetero) is 2. The number of carbonyl (C=O) groups excluding carboxylic acids is 2. The molecule has 4 nitrogen and oxygen atoms in total. The Morgan fingerprint density at radius 2 is 1.30 bits per heavy atom. The molecule has 2 aliphatic carbocycles. The van der Waals surface area contributed by atoms with Crippen LogP contribution in [0.25, 0.3) is 0 Å². The molecule has 0 unspecified atom stereocenters. The van der Waals surface area contributed by atoms with Gasteiger partial charge in [0.1, 0.15) is 17.3 Å². The van der Waals surface area contributed by atoms with Crippen LogP contribution in [0.15, 0.2) is 46.9 Å². The Kier molecular flexibility index (Phi) is 3.88. The summed E-state index contributed by atoms with van der Waals surface area (Å²) in [5, 5.41) is 9.71. The molecular formula is C23H26O4. The Morgan fingerprint density at radius 3 is 1.74 bits per heavy atom. The molecule has 0 amide bonds. The molecule has 1 aromatic carbocycles. The number of benzene rings is 1. The summed E-state index contributed by atoms with van der Waals surface area (Å²) in [6.45, 7) is 7.85. The summed E-state index contributed by atoms with van der Waals surface area (Å²) < 4.78 is 6.17. The molecule has 0 spiro atoms. The van der Waals surface area contributed by atoms with Gasteiger partial charge in [-0.05, 0) is 30.5 Å². The zero-order valence-electron chi connectivity index (χ0n) is 16.4. The Labute approximate surface area is 159 Å². The van der Waals surface area contributed by atoms with Gasteiger partial charge in [0.2, 0.25) is 0 Å². The minimum atomic E-state index is -0.470. The van der Waals surface area contributed by atoms with Gasteiger partial charge in [0, 0.05) is 40.7 Å². The molecule has 0 bridgehead atoms. The second-order valence-corrected chi connectivity index (χ2v) is 9.23. The van der Waals surface area contributed by atoms with E-state index in [4.69, 9.17) is 4.74 Å². The highest BCUT2D eigenvalue weighted by Crippen LogP contribution is 2.53. The molecule has 0 radical (unpaired) electrons. The average molecular weight is 366 g/mol. The normalized spacial score (nSPS) is 24.4. The zero-order chi connectivity index (χ0) is 19.6. The van der Waals surface area contributed by atoms with E-state index in [9.17, 15) is 14.7 Å². The van der Waals surface area contributed by atoms with Crippen LogP contribution in [0.5, 0.6) is 5.75 Å². The summed E-state index contributed by atoms with van der Waals surface area (Å²) in [6.07, 6.45) is 2.90. The van der Waals surface area contributed by atoms with E-state index in [2.05, 4.69) is 0 Å². The van der Waals surface area contributed by atoms with Crippen LogP contribution in [0.2, 0.25) is 0 Å². The minimum Gasteiger partial charge on any atom is -0.508 e. The monoisotopic (exact) mass is 366 g/mol. The lowest BCUT2D eigenvalue weighted by Gasteiger charge is -2.42. The van der Waals surface area contributed by atoms with E-state index in [1.807, 2.05) is 39.8 Å². The van der Waals surface area contributed by atoms with Crippen LogP contribution in [0.3, 0.4) is 0 Å². The van der Waals surface area contributed by atoms with E-state index in [0.29, 0.717) is 24.0 Å². The SMILES string of the molecule is CC1(C)CCC2=C(C1=O)C(c1ccc(O)cc1)C1=C(CCC(C)(C)C1=O)O2. The van der Waals surface area contributed by atoms with Gasteiger partial charge >= 0.3 is 0 Å². The van der Waals surface area contributed by atoms with Crippen LogP contribution in [0.4, 0.5) is 0 Å². The Morgan fingerprint density at radius 1 is 0.852 bits per heavy atom. The molecule has 4 rings (SSSR count). The van der Waals surface area contributed by atoms with Crippen molar-refractivity contribution in [3.63, 3.8) is 0 Å². The number of aromatic hydroxyl groups is 1. The summed E-state index contributed by atoms with van der Waals surface area (Å²) in [4.78, 5) is 26.7. The van der Waals surface area contributed by atoms with Crippen molar-refractivity contribution in [3.05, 3.63) is 52.5 Å². The van der Waals surface area contributed by atoms with Gasteiger partial charge in [-0.1, -0.05) is 39.8 Å². The van der Waals surface area contributed by atoms with Crippen LogP contribution in [-0.2, 0) is 14.3 Å². The highest BCUT2D eigenvalue weighted by Gasteiger charge is 2.49. The standard InChI is InChI=1S/C23H26O4/c1-22(2)11-9-15-18(20(22)25)17(13-5-7-14(24)8-6-13)19-16(27-15)10-12-23(3,4)21(19)26/h5-8,17,24H,9-12H2,1-4H3. The minimum absolute atomic E-state index is 0.0598. The molecule has 1 N–H and O–H groups in total. The number of phenolic OH excluding ortho intramolecular Hbond substituents is 1. The fourth-order valence-electron chi connectivity index (χ4n) is 4.42. The number of hydrogen-bond acceptors (Lipinski definition) is 4. The molecule has 0 fully saturated rings. The highest BCUT2D eigenvalue weighted by atomic mass is 16.5. The predicted octanol–water partition coefficient (Wildman–Crippen LogP) is 4.79. The van der Waals surface area contributed by atoms with E-state index in [0.717, 1.165) is 29.9 Å². The lowest BCUT2D eigenvalue weighted by atomic mass is 9.63. The third-order valence-electron chi connectivity index (χ3n) is 6.32. The van der Waals surface area contributed by atoms with Gasteiger partial charge in [-0.25, -0.2) is 0 Å². The van der Waals surface area contributed by atoms with Crippen molar-refractivity contribution < 1.29 is 19.4 Å². The van der Waals surface area contributed by atoms with Crippen LogP contribution < -0.4 is 0 Å². The quantitative estimate of drug-likeness (QED) is 0.776. The molecule has 0 atom stereocenters. The largest absolute Gasteiger partial charge is 0.508 e. The van der Waals surface area contributed by atoms with E-state index < -0.39 is 16.7 Å². The third-order valence-corrected chi connectivity index (χ3v) is 6.32. The smallest absolute Gasteiger partial charge is 0.168 e. The third kappa shape index (κ3) is 2.73. The Balaban J connectivity index is 1.93. The topological polar surface area (TPSA) is 63.6 Å². The molecule has 3 aliphatic rings. The van der Waals surface area contributed by atoms with Crippen LogP contribution in [0, 0.1) is 10.8 Å². The first-order valence-corrected chi connectivity index (χ1v) is 9.64. The van der Waals surface area contributed by atoms with Gasteiger partial charge in [0.25, 0.3) is 0 Å². The molecule has 1 aliphatic heterocycles. The summed E-state index contributed by atoms with van der Waals surface area (Å²) in [7, 11) is 0. The number of ether oxygens (including phenoxy) is 1. The molecule has 27 heavy (non-hydrogen) atoms. The van der Waals surface area contributed by atoms with Gasteiger partial charge in [0.15, 0.2) is 11.6 Å². The highest BCUT2D eigenvalue weighted by molar-refractivity contribution is 6.09. The van der Waals surface area contributed by atoms with Gasteiger partial charge in [-0.2, -0.15) is 0 Å². The summed E-state index contributed by atoms with van der Waals surface area (Å²) >= 11 is 0. The first-order chi connectivity index (χ1) is 12.6. The van der Waals surface area contributed by atoms with Crippen molar-refractivity contribution in [2.24, 2.45) is 10.8 Å². The van der Waals surface area contributed by atoms with E-state index in [1.54, 1.807) is 12.1 Å². The van der Waals surface area contributed by atoms with Gasteiger partial charge in [-0.15, -0.1) is 0 Å². The first-order valence-electron chi connectivity index (χ1n) is 9.64. The van der Waals surface area contributed by atoms with Crippen molar-refractivity contribution in [1.82, 2.24) is 0 Å². The number of hydrogen-bond donors (Lipinski definition) is 1. The second kappa shape index (κ2) is 5.82. The van der Waals surface area contributed by atoms with Gasteiger partial charge < -0.3 is 9.84 Å². The van der Waals surface area contributed by atoms with E-state index in [1.165, 1.54) is 0 Å². The predicted molar refractivity (Wildman–Crippen MR) is 102 cm³/mol. The van der Waals surface area contributed by atoms with Gasteiger partial charge in [-0.3, -0.25) is 9.59 Å². The Hall–Kier alpha value is -2.36.